The molecule has 4 rings (SSSR count). The molecule has 0 saturated carbocycles. The van der Waals surface area contributed by atoms with E-state index < -0.39 is 17.7 Å². The molecule has 8 nitrogen and oxygen atoms in total. The molecule has 1 aliphatic heterocycles. The number of para-hydroxylation sites is 1. The molecular formula is C25H27N5O3. The van der Waals surface area contributed by atoms with E-state index in [9.17, 15) is 14.7 Å². The Balaban J connectivity index is 1.79. The highest BCUT2D eigenvalue weighted by Gasteiger charge is 2.46. The van der Waals surface area contributed by atoms with Crippen LogP contribution in [0, 0.1) is 6.92 Å². The van der Waals surface area contributed by atoms with Gasteiger partial charge in [-0.3, -0.25) is 14.6 Å². The smallest absolute Gasteiger partial charge is 0.295 e. The van der Waals surface area contributed by atoms with E-state index in [-0.39, 0.29) is 11.3 Å². The SMILES string of the molecule is Cc1c(C(O)=C2C(=O)C(=O)N(CCCN(C)C)[C@@H]2c2cccnc2)cnn1-c1ccccc1. The van der Waals surface area contributed by atoms with Crippen LogP contribution in [0.5, 0.6) is 0 Å². The van der Waals surface area contributed by atoms with E-state index in [2.05, 4.69) is 10.1 Å². The van der Waals surface area contributed by atoms with E-state index in [1.807, 2.05) is 62.3 Å². The number of benzene rings is 1. The molecular weight excluding hydrogens is 418 g/mol. The van der Waals surface area contributed by atoms with Crippen molar-refractivity contribution in [3.63, 3.8) is 0 Å². The lowest BCUT2D eigenvalue weighted by molar-refractivity contribution is -0.139. The Labute approximate surface area is 192 Å². The summed E-state index contributed by atoms with van der Waals surface area (Å²) in [5, 5.41) is 15.7. The van der Waals surface area contributed by atoms with Crippen LogP contribution in [0.4, 0.5) is 0 Å². The average molecular weight is 446 g/mol. The van der Waals surface area contributed by atoms with E-state index >= 15 is 0 Å². The third-order valence-corrected chi connectivity index (χ3v) is 5.81. The highest BCUT2D eigenvalue weighted by molar-refractivity contribution is 6.46. The number of pyridine rings is 1. The van der Waals surface area contributed by atoms with E-state index in [0.29, 0.717) is 29.8 Å². The zero-order chi connectivity index (χ0) is 23.5. The van der Waals surface area contributed by atoms with Gasteiger partial charge in [-0.25, -0.2) is 4.68 Å². The van der Waals surface area contributed by atoms with Gasteiger partial charge in [-0.05, 0) is 57.7 Å². The molecule has 8 heteroatoms. The molecule has 1 N–H and O–H groups in total. The first-order valence-corrected chi connectivity index (χ1v) is 10.8. The second kappa shape index (κ2) is 9.38. The molecule has 2 aromatic heterocycles. The standard InChI is InChI=1S/C25H27N5O3/c1-17-20(16-27-30(17)19-10-5-4-6-11-19)23(31)21-22(18-9-7-12-26-15-18)29(25(33)24(21)32)14-8-13-28(2)3/h4-7,9-12,15-16,22,31H,8,13-14H2,1-3H3/t22-/m1/s1. The van der Waals surface area contributed by atoms with Crippen LogP contribution in [0.2, 0.25) is 0 Å². The average Bonchev–Trinajstić information content (AvgIpc) is 3.32. The zero-order valence-electron chi connectivity index (χ0n) is 19.0. The minimum absolute atomic E-state index is 0.0635. The van der Waals surface area contributed by atoms with Crippen molar-refractivity contribution < 1.29 is 14.7 Å². The summed E-state index contributed by atoms with van der Waals surface area (Å²) in [6, 6.07) is 12.4. The number of aromatic nitrogens is 3. The molecule has 1 aromatic carbocycles. The Morgan fingerprint density at radius 2 is 1.85 bits per heavy atom. The quantitative estimate of drug-likeness (QED) is 0.342. The summed E-state index contributed by atoms with van der Waals surface area (Å²) < 4.78 is 1.70. The maximum absolute atomic E-state index is 13.1. The van der Waals surface area contributed by atoms with E-state index in [1.54, 1.807) is 23.1 Å². The Kier molecular flexibility index (Phi) is 6.37. The first-order valence-electron chi connectivity index (χ1n) is 10.8. The number of carbonyl (C=O) groups excluding carboxylic acids is 2. The van der Waals surface area contributed by atoms with Crippen molar-refractivity contribution in [3.05, 3.63) is 83.4 Å². The molecule has 0 spiro atoms. The largest absolute Gasteiger partial charge is 0.507 e. The molecule has 0 bridgehead atoms. The van der Waals surface area contributed by atoms with Crippen molar-refractivity contribution >= 4 is 17.4 Å². The molecule has 0 unspecified atom stereocenters. The number of rotatable bonds is 7. The topological polar surface area (TPSA) is 91.6 Å². The number of aliphatic hydroxyl groups is 1. The van der Waals surface area contributed by atoms with Crippen LogP contribution in [0.3, 0.4) is 0 Å². The Bertz CT molecular complexity index is 1190. The predicted molar refractivity (Wildman–Crippen MR) is 125 cm³/mol. The molecule has 170 valence electrons. The van der Waals surface area contributed by atoms with E-state index in [1.165, 1.54) is 11.1 Å². The molecule has 1 atom stereocenters. The lowest BCUT2D eigenvalue weighted by Gasteiger charge is -2.25. The summed E-state index contributed by atoms with van der Waals surface area (Å²) in [5.41, 5.74) is 2.66. The minimum atomic E-state index is -0.708. The van der Waals surface area contributed by atoms with Crippen LogP contribution in [0.25, 0.3) is 11.4 Å². The third-order valence-electron chi connectivity index (χ3n) is 5.81. The molecule has 1 saturated heterocycles. The summed E-state index contributed by atoms with van der Waals surface area (Å²) >= 11 is 0. The maximum Gasteiger partial charge on any atom is 0.295 e. The molecule has 0 radical (unpaired) electrons. The molecule has 1 aliphatic rings. The summed E-state index contributed by atoms with van der Waals surface area (Å²) in [6.45, 7) is 2.98. The van der Waals surface area contributed by atoms with E-state index in [0.717, 1.165) is 12.2 Å². The summed E-state index contributed by atoms with van der Waals surface area (Å²) in [4.78, 5) is 33.9. The molecule has 3 aromatic rings. The van der Waals surface area contributed by atoms with Crippen LogP contribution < -0.4 is 0 Å². The number of aliphatic hydroxyl groups excluding tert-OH is 1. The van der Waals surface area contributed by atoms with Gasteiger partial charge >= 0.3 is 0 Å². The zero-order valence-corrected chi connectivity index (χ0v) is 19.0. The van der Waals surface area contributed by atoms with Gasteiger partial charge in [0, 0.05) is 18.9 Å². The van der Waals surface area contributed by atoms with Crippen LogP contribution in [-0.2, 0) is 9.59 Å². The van der Waals surface area contributed by atoms with Gasteiger partial charge in [-0.1, -0.05) is 24.3 Å². The van der Waals surface area contributed by atoms with Crippen LogP contribution in [0.15, 0.2) is 66.6 Å². The number of hydrogen-bond acceptors (Lipinski definition) is 6. The fourth-order valence-corrected chi connectivity index (χ4v) is 4.17. The first-order chi connectivity index (χ1) is 15.9. The Morgan fingerprint density at radius 3 is 2.52 bits per heavy atom. The van der Waals surface area contributed by atoms with Crippen molar-refractivity contribution in [1.82, 2.24) is 24.6 Å². The number of hydrogen-bond donors (Lipinski definition) is 1. The van der Waals surface area contributed by atoms with Crippen molar-refractivity contribution in [2.24, 2.45) is 0 Å². The fourth-order valence-electron chi connectivity index (χ4n) is 4.17. The van der Waals surface area contributed by atoms with Crippen LogP contribution >= 0.6 is 0 Å². The number of ketones is 1. The van der Waals surface area contributed by atoms with Gasteiger partial charge in [-0.2, -0.15) is 5.10 Å². The summed E-state index contributed by atoms with van der Waals surface area (Å²) in [7, 11) is 3.92. The predicted octanol–water partition coefficient (Wildman–Crippen LogP) is 2.95. The lowest BCUT2D eigenvalue weighted by atomic mass is 9.96. The van der Waals surface area contributed by atoms with Crippen molar-refractivity contribution in [2.75, 3.05) is 27.2 Å². The van der Waals surface area contributed by atoms with Gasteiger partial charge in [0.1, 0.15) is 5.76 Å². The van der Waals surface area contributed by atoms with Crippen LogP contribution in [-0.4, -0.2) is 68.5 Å². The van der Waals surface area contributed by atoms with Gasteiger partial charge in [0.25, 0.3) is 11.7 Å². The fraction of sp³-hybridized carbons (Fsp3) is 0.280. The monoisotopic (exact) mass is 445 g/mol. The van der Waals surface area contributed by atoms with E-state index in [4.69, 9.17) is 0 Å². The van der Waals surface area contributed by atoms with Gasteiger partial charge in [0.15, 0.2) is 0 Å². The molecule has 1 amide bonds. The van der Waals surface area contributed by atoms with Gasteiger partial charge in [0.05, 0.1) is 34.8 Å². The number of carbonyl (C=O) groups is 2. The number of likely N-dealkylation sites (tertiary alicyclic amines) is 1. The first kappa shape index (κ1) is 22.4. The van der Waals surface area contributed by atoms with Crippen molar-refractivity contribution in [2.45, 2.75) is 19.4 Å². The normalized spacial score (nSPS) is 17.8. The molecule has 0 aliphatic carbocycles. The van der Waals surface area contributed by atoms with Gasteiger partial charge in [-0.15, -0.1) is 0 Å². The minimum Gasteiger partial charge on any atom is -0.507 e. The summed E-state index contributed by atoms with van der Waals surface area (Å²) in [5.74, 6) is -1.53. The Hall–Kier alpha value is -3.78. The molecule has 3 heterocycles. The number of Topliss-reactive ketones (excluding diaryl/α,β-unsaturated/α-hetero) is 1. The van der Waals surface area contributed by atoms with Gasteiger partial charge in [0.2, 0.25) is 0 Å². The van der Waals surface area contributed by atoms with Gasteiger partial charge < -0.3 is 14.9 Å². The summed E-state index contributed by atoms with van der Waals surface area (Å²) in [6.07, 6.45) is 5.48. The second-order valence-electron chi connectivity index (χ2n) is 8.33. The number of amides is 1. The van der Waals surface area contributed by atoms with Crippen LogP contribution in [0.1, 0.15) is 29.3 Å². The Morgan fingerprint density at radius 1 is 1.09 bits per heavy atom. The van der Waals surface area contributed by atoms with Crippen molar-refractivity contribution in [1.29, 1.82) is 0 Å². The molecule has 1 fully saturated rings. The van der Waals surface area contributed by atoms with Crippen molar-refractivity contribution in [3.8, 4) is 5.69 Å². The molecule has 33 heavy (non-hydrogen) atoms. The number of nitrogens with zero attached hydrogens (tertiary/aromatic N) is 5. The third kappa shape index (κ3) is 4.29. The second-order valence-corrected chi connectivity index (χ2v) is 8.33. The lowest BCUT2D eigenvalue weighted by Crippen LogP contribution is -2.32. The highest BCUT2D eigenvalue weighted by Crippen LogP contribution is 2.39. The maximum atomic E-state index is 13.1. The highest BCUT2D eigenvalue weighted by atomic mass is 16.3.